The second kappa shape index (κ2) is 11.8. The molecule has 3 heterocycles. The van der Waals surface area contributed by atoms with Crippen molar-refractivity contribution in [3.63, 3.8) is 0 Å². The highest BCUT2D eigenvalue weighted by atomic mass is 32.1. The molecule has 7 rings (SSSR count). The molecule has 1 aliphatic carbocycles. The summed E-state index contributed by atoms with van der Waals surface area (Å²) in [4.78, 5) is 37.5. The van der Waals surface area contributed by atoms with Gasteiger partial charge in [-0.2, -0.15) is 5.26 Å². The highest BCUT2D eigenvalue weighted by Gasteiger charge is 2.27. The number of nitrogens with zero attached hydrogens (tertiary/aromatic N) is 4. The molecule has 0 saturated heterocycles. The Bertz CT molecular complexity index is 1920. The van der Waals surface area contributed by atoms with E-state index in [1.165, 1.54) is 33.8 Å². The van der Waals surface area contributed by atoms with E-state index in [1.807, 2.05) is 36.4 Å². The highest BCUT2D eigenvalue weighted by molar-refractivity contribution is 7.22. The summed E-state index contributed by atoms with van der Waals surface area (Å²) in [6, 6.07) is 22.3. The topological polar surface area (TPSA) is 119 Å². The van der Waals surface area contributed by atoms with Gasteiger partial charge in [-0.3, -0.25) is 10.1 Å². The molecule has 2 aliphatic rings. The van der Waals surface area contributed by atoms with Gasteiger partial charge in [0.15, 0.2) is 16.0 Å². The molecule has 2 aromatic heterocycles. The Morgan fingerprint density at radius 3 is 2.70 bits per heavy atom. The number of fused-ring (bicyclic) bond motifs is 3. The number of benzene rings is 3. The number of carbonyl (C=O) groups is 2. The number of thiazole rings is 2. The van der Waals surface area contributed by atoms with Crippen molar-refractivity contribution in [3.8, 4) is 6.07 Å². The number of anilines is 2. The van der Waals surface area contributed by atoms with Crippen molar-refractivity contribution >= 4 is 55.0 Å². The second-order valence-electron chi connectivity index (χ2n) is 11.3. The van der Waals surface area contributed by atoms with E-state index < -0.39 is 5.97 Å². The highest BCUT2D eigenvalue weighted by Crippen LogP contribution is 2.36. The van der Waals surface area contributed by atoms with Crippen LogP contribution in [0.1, 0.15) is 72.3 Å². The van der Waals surface area contributed by atoms with Crippen molar-refractivity contribution in [1.29, 1.82) is 5.26 Å². The number of nitrogens with one attached hydrogen (secondary N) is 1. The largest absolute Gasteiger partial charge is 0.476 e. The molecule has 5 aromatic rings. The summed E-state index contributed by atoms with van der Waals surface area (Å²) in [6.07, 6.45) is 4.95. The summed E-state index contributed by atoms with van der Waals surface area (Å²) in [7, 11) is 0. The fourth-order valence-electron chi connectivity index (χ4n) is 6.12. The molecule has 3 aromatic carbocycles. The predicted octanol–water partition coefficient (Wildman–Crippen LogP) is 6.99. The number of hydrogen-bond acceptors (Lipinski definition) is 8. The third-order valence-electron chi connectivity index (χ3n) is 8.47. The number of carbonyl (C=O) groups excluding carboxylic acids is 1. The van der Waals surface area contributed by atoms with E-state index in [1.54, 1.807) is 0 Å². The Hall–Kier alpha value is -4.59. The Balaban J connectivity index is 1.03. The lowest BCUT2D eigenvalue weighted by Crippen LogP contribution is -2.32. The molecule has 1 unspecified atom stereocenters. The number of rotatable bonds is 9. The van der Waals surface area contributed by atoms with Gasteiger partial charge >= 0.3 is 5.97 Å². The fraction of sp³-hybridized carbons (Fsp3) is 0.265. The van der Waals surface area contributed by atoms with E-state index in [0.29, 0.717) is 35.3 Å². The van der Waals surface area contributed by atoms with Crippen molar-refractivity contribution < 1.29 is 14.7 Å². The van der Waals surface area contributed by atoms with Gasteiger partial charge in [-0.05, 0) is 84.5 Å². The van der Waals surface area contributed by atoms with Crippen LogP contribution in [0.3, 0.4) is 0 Å². The van der Waals surface area contributed by atoms with Crippen LogP contribution < -0.4 is 10.2 Å². The summed E-state index contributed by atoms with van der Waals surface area (Å²) in [5.74, 6) is -1.17. The SMILES string of the molecule is N#CC1Cc2cc(CCCCc3sc(N4CCc5cccc(C(=O)Nc6nc7ccccc7s6)c5C4)nc3C(=O)O)ccc21. The monoisotopic (exact) mass is 619 g/mol. The Labute approximate surface area is 262 Å². The molecule has 0 radical (unpaired) electrons. The lowest BCUT2D eigenvalue weighted by molar-refractivity contribution is 0.0690. The zero-order chi connectivity index (χ0) is 30.2. The molecule has 1 atom stereocenters. The molecule has 1 amide bonds. The number of amides is 1. The van der Waals surface area contributed by atoms with Crippen LogP contribution in [0, 0.1) is 11.3 Å². The van der Waals surface area contributed by atoms with E-state index >= 15 is 0 Å². The number of carboxylic acid groups (broad SMARTS) is 1. The van der Waals surface area contributed by atoms with Crippen LogP contribution in [0.25, 0.3) is 10.2 Å². The van der Waals surface area contributed by atoms with Crippen LogP contribution in [0.5, 0.6) is 0 Å². The molecule has 44 heavy (non-hydrogen) atoms. The molecular formula is C34H29N5O3S2. The van der Waals surface area contributed by atoms with Crippen molar-refractivity contribution in [3.05, 3.63) is 105 Å². The minimum absolute atomic E-state index is 0.0376. The van der Waals surface area contributed by atoms with Gasteiger partial charge in [-0.15, -0.1) is 11.3 Å². The number of aromatic carboxylic acids is 1. The molecule has 1 aliphatic heterocycles. The third-order valence-corrected chi connectivity index (χ3v) is 10.6. The van der Waals surface area contributed by atoms with Crippen LogP contribution in [0.2, 0.25) is 0 Å². The summed E-state index contributed by atoms with van der Waals surface area (Å²) >= 11 is 2.89. The van der Waals surface area contributed by atoms with Crippen LogP contribution in [-0.2, 0) is 32.2 Å². The fourth-order valence-corrected chi connectivity index (χ4v) is 8.10. The lowest BCUT2D eigenvalue weighted by Gasteiger charge is -2.29. The van der Waals surface area contributed by atoms with Crippen LogP contribution in [0.15, 0.2) is 60.7 Å². The summed E-state index contributed by atoms with van der Waals surface area (Å²) in [5.41, 5.74) is 7.32. The minimum Gasteiger partial charge on any atom is -0.476 e. The number of unbranched alkanes of at least 4 members (excludes halogenated alkanes) is 1. The van der Waals surface area contributed by atoms with Crippen LogP contribution in [0.4, 0.5) is 10.3 Å². The van der Waals surface area contributed by atoms with Gasteiger partial charge in [-0.1, -0.05) is 53.8 Å². The summed E-state index contributed by atoms with van der Waals surface area (Å²) in [5, 5.41) is 23.3. The quantitative estimate of drug-likeness (QED) is 0.171. The number of carboxylic acids is 1. The maximum absolute atomic E-state index is 13.4. The first-order chi connectivity index (χ1) is 21.5. The van der Waals surface area contributed by atoms with E-state index in [-0.39, 0.29) is 17.5 Å². The standard InChI is InChI=1S/C34H29N5O3S2/c35-18-23-17-22-16-20(12-13-24(22)23)6-1-3-11-29-30(32(41)42)37-34(44-29)39-15-14-21-7-5-8-25(26(21)19-39)31(40)38-33-36-27-9-2-4-10-28(27)43-33/h2,4-5,7-10,12-13,16,23H,1,3,6,11,14-15,17,19H2,(H,41,42)(H,36,38,40). The van der Waals surface area contributed by atoms with Gasteiger partial charge < -0.3 is 10.0 Å². The molecule has 0 fully saturated rings. The average molecular weight is 620 g/mol. The normalized spacial score (nSPS) is 15.2. The maximum atomic E-state index is 13.4. The lowest BCUT2D eigenvalue weighted by atomic mass is 9.77. The number of nitriles is 1. The zero-order valence-corrected chi connectivity index (χ0v) is 25.5. The predicted molar refractivity (Wildman–Crippen MR) is 173 cm³/mol. The summed E-state index contributed by atoms with van der Waals surface area (Å²) < 4.78 is 1.01. The molecule has 2 N–H and O–H groups in total. The van der Waals surface area contributed by atoms with Gasteiger partial charge in [0.2, 0.25) is 0 Å². The first-order valence-electron chi connectivity index (χ1n) is 14.7. The van der Waals surface area contributed by atoms with Crippen molar-refractivity contribution in [1.82, 2.24) is 9.97 Å². The van der Waals surface area contributed by atoms with Crippen LogP contribution in [-0.4, -0.2) is 33.5 Å². The Kier molecular flexibility index (Phi) is 7.58. The van der Waals surface area contributed by atoms with E-state index in [0.717, 1.165) is 63.9 Å². The van der Waals surface area contributed by atoms with E-state index in [4.69, 9.17) is 5.26 Å². The van der Waals surface area contributed by atoms with E-state index in [2.05, 4.69) is 50.5 Å². The van der Waals surface area contributed by atoms with Gasteiger partial charge in [0.25, 0.3) is 5.91 Å². The zero-order valence-electron chi connectivity index (χ0n) is 23.9. The molecular weight excluding hydrogens is 591 g/mol. The molecule has 220 valence electrons. The van der Waals surface area contributed by atoms with Gasteiger partial charge in [0.1, 0.15) is 0 Å². The smallest absolute Gasteiger partial charge is 0.355 e. The minimum atomic E-state index is -1.01. The molecule has 0 saturated carbocycles. The first kappa shape index (κ1) is 28.2. The Morgan fingerprint density at radius 1 is 1.02 bits per heavy atom. The Morgan fingerprint density at radius 2 is 1.89 bits per heavy atom. The van der Waals surface area contributed by atoms with Crippen molar-refractivity contribution in [2.24, 2.45) is 0 Å². The number of aromatic nitrogens is 2. The van der Waals surface area contributed by atoms with Crippen LogP contribution >= 0.6 is 22.7 Å². The third kappa shape index (κ3) is 5.45. The molecule has 0 spiro atoms. The average Bonchev–Trinajstić information content (AvgIpc) is 3.64. The number of para-hydroxylation sites is 1. The molecule has 10 heteroatoms. The van der Waals surface area contributed by atoms with Gasteiger partial charge in [0, 0.05) is 23.5 Å². The number of hydrogen-bond donors (Lipinski definition) is 2. The number of aryl methyl sites for hydroxylation is 2. The molecule has 8 nitrogen and oxygen atoms in total. The van der Waals surface area contributed by atoms with E-state index in [9.17, 15) is 14.7 Å². The second-order valence-corrected chi connectivity index (χ2v) is 13.3. The van der Waals surface area contributed by atoms with Crippen molar-refractivity contribution in [2.75, 3.05) is 16.8 Å². The van der Waals surface area contributed by atoms with Crippen molar-refractivity contribution in [2.45, 2.75) is 51.0 Å². The maximum Gasteiger partial charge on any atom is 0.355 e. The first-order valence-corrected chi connectivity index (χ1v) is 16.4. The van der Waals surface area contributed by atoms with Gasteiger partial charge in [-0.25, -0.2) is 14.8 Å². The molecule has 0 bridgehead atoms. The summed E-state index contributed by atoms with van der Waals surface area (Å²) in [6.45, 7) is 1.18. The van der Waals surface area contributed by atoms with Gasteiger partial charge in [0.05, 0.1) is 22.2 Å².